The lowest BCUT2D eigenvalue weighted by Gasteiger charge is -2.28. The Bertz CT molecular complexity index is 462. The van der Waals surface area contributed by atoms with Crippen molar-refractivity contribution in [2.24, 2.45) is 0 Å². The van der Waals surface area contributed by atoms with Crippen LogP contribution in [0.25, 0.3) is 0 Å². The van der Waals surface area contributed by atoms with Crippen LogP contribution in [-0.4, -0.2) is 32.9 Å². The van der Waals surface area contributed by atoms with Crippen LogP contribution in [0.2, 0.25) is 0 Å². The molecule has 106 valence electrons. The summed E-state index contributed by atoms with van der Waals surface area (Å²) in [4.78, 5) is 11.4. The minimum absolute atomic E-state index is 0.0897. The largest absolute Gasteiger partial charge is 0.504 e. The van der Waals surface area contributed by atoms with Crippen molar-refractivity contribution >= 4 is 5.97 Å². The Kier molecular flexibility index (Phi) is 4.74. The van der Waals surface area contributed by atoms with Crippen molar-refractivity contribution in [3.8, 4) is 11.5 Å². The van der Waals surface area contributed by atoms with E-state index >= 15 is 0 Å². The number of rotatable bonds is 6. The summed E-state index contributed by atoms with van der Waals surface area (Å²) in [6, 6.07) is 4.36. The van der Waals surface area contributed by atoms with Gasteiger partial charge in [-0.25, -0.2) is 5.43 Å². The summed E-state index contributed by atoms with van der Waals surface area (Å²) >= 11 is 0. The average molecular weight is 268 g/mol. The average Bonchev–Trinajstić information content (AvgIpc) is 2.31. The van der Waals surface area contributed by atoms with Gasteiger partial charge in [-0.15, -0.1) is 0 Å². The minimum atomic E-state index is -1.21. The fourth-order valence-electron chi connectivity index (χ4n) is 1.56. The van der Waals surface area contributed by atoms with Gasteiger partial charge < -0.3 is 15.3 Å². The molecule has 6 heteroatoms. The van der Waals surface area contributed by atoms with Crippen LogP contribution < -0.4 is 10.9 Å². The molecular formula is C13H20N2O4. The van der Waals surface area contributed by atoms with E-state index in [9.17, 15) is 20.1 Å². The zero-order valence-electron chi connectivity index (χ0n) is 11.3. The van der Waals surface area contributed by atoms with E-state index in [1.54, 1.807) is 13.0 Å². The molecule has 0 aliphatic rings. The van der Waals surface area contributed by atoms with Crippen molar-refractivity contribution in [2.75, 3.05) is 0 Å². The monoisotopic (exact) mass is 268 g/mol. The fraction of sp³-hybridized carbons (Fsp3) is 0.462. The van der Waals surface area contributed by atoms with E-state index in [4.69, 9.17) is 0 Å². The lowest BCUT2D eigenvalue weighted by molar-refractivity contribution is -0.144. The third-order valence-electron chi connectivity index (χ3n) is 2.71. The third kappa shape index (κ3) is 4.11. The Balaban J connectivity index is 2.88. The number of benzene rings is 1. The number of hydrogen-bond acceptors (Lipinski definition) is 5. The fourth-order valence-corrected chi connectivity index (χ4v) is 1.56. The van der Waals surface area contributed by atoms with Gasteiger partial charge in [0.15, 0.2) is 11.5 Å². The Morgan fingerprint density at radius 3 is 2.42 bits per heavy atom. The first-order valence-electron chi connectivity index (χ1n) is 6.01. The van der Waals surface area contributed by atoms with E-state index in [0.717, 1.165) is 0 Å². The summed E-state index contributed by atoms with van der Waals surface area (Å²) in [5, 5.41) is 28.0. The molecule has 0 fully saturated rings. The van der Waals surface area contributed by atoms with Crippen LogP contribution in [0.1, 0.15) is 26.3 Å². The normalized spacial score (nSPS) is 14.3. The second-order valence-corrected chi connectivity index (χ2v) is 5.06. The number of hydrazine groups is 1. The predicted octanol–water partition coefficient (Wildman–Crippen LogP) is 0.986. The first kappa shape index (κ1) is 15.3. The second-order valence-electron chi connectivity index (χ2n) is 5.06. The molecule has 0 heterocycles. The number of aromatic hydroxyl groups is 2. The standard InChI is InChI=1S/C13H20N2O4/c1-8(2)14-15-13(3,12(18)19)7-9-4-5-10(16)11(17)6-9/h4-6,8,14-17H,7H2,1-3H3,(H,18,19)/t13-/m0/s1. The van der Waals surface area contributed by atoms with Gasteiger partial charge >= 0.3 is 5.97 Å². The maximum atomic E-state index is 11.4. The first-order chi connectivity index (χ1) is 8.74. The van der Waals surface area contributed by atoms with Gasteiger partial charge in [0, 0.05) is 12.5 Å². The maximum Gasteiger partial charge on any atom is 0.325 e. The zero-order valence-corrected chi connectivity index (χ0v) is 11.3. The molecule has 0 saturated heterocycles. The molecule has 1 rings (SSSR count). The van der Waals surface area contributed by atoms with Crippen molar-refractivity contribution in [1.82, 2.24) is 10.9 Å². The molecule has 0 amide bonds. The van der Waals surface area contributed by atoms with Crippen LogP contribution in [0, 0.1) is 0 Å². The van der Waals surface area contributed by atoms with Crippen molar-refractivity contribution in [1.29, 1.82) is 0 Å². The highest BCUT2D eigenvalue weighted by Gasteiger charge is 2.33. The lowest BCUT2D eigenvalue weighted by Crippen LogP contribution is -2.58. The summed E-state index contributed by atoms with van der Waals surface area (Å²) in [7, 11) is 0. The molecular weight excluding hydrogens is 248 g/mol. The Morgan fingerprint density at radius 2 is 1.95 bits per heavy atom. The van der Waals surface area contributed by atoms with Crippen molar-refractivity contribution in [3.05, 3.63) is 23.8 Å². The number of carboxylic acids is 1. The molecule has 1 aromatic rings. The molecule has 0 bridgehead atoms. The molecule has 0 aromatic heterocycles. The van der Waals surface area contributed by atoms with Crippen LogP contribution in [0.3, 0.4) is 0 Å². The van der Waals surface area contributed by atoms with Gasteiger partial charge in [-0.1, -0.05) is 6.07 Å². The van der Waals surface area contributed by atoms with Gasteiger partial charge in [-0.3, -0.25) is 10.2 Å². The smallest absolute Gasteiger partial charge is 0.325 e. The van der Waals surface area contributed by atoms with Gasteiger partial charge in [0.2, 0.25) is 0 Å². The zero-order chi connectivity index (χ0) is 14.6. The number of phenols is 2. The molecule has 5 N–H and O–H groups in total. The molecule has 1 aromatic carbocycles. The number of carbonyl (C=O) groups is 1. The maximum absolute atomic E-state index is 11.4. The van der Waals surface area contributed by atoms with Crippen LogP contribution in [0.15, 0.2) is 18.2 Å². The van der Waals surface area contributed by atoms with Crippen LogP contribution in [0.4, 0.5) is 0 Å². The minimum Gasteiger partial charge on any atom is -0.504 e. The summed E-state index contributed by atoms with van der Waals surface area (Å²) in [6.07, 6.45) is 0.163. The van der Waals surface area contributed by atoms with Crippen LogP contribution >= 0.6 is 0 Å². The Hall–Kier alpha value is -1.79. The molecule has 6 nitrogen and oxygen atoms in total. The van der Waals surface area contributed by atoms with Crippen molar-refractivity contribution in [2.45, 2.75) is 38.8 Å². The highest BCUT2D eigenvalue weighted by atomic mass is 16.4. The molecule has 1 atom stereocenters. The lowest BCUT2D eigenvalue weighted by atomic mass is 9.93. The molecule has 0 radical (unpaired) electrons. The number of phenolic OH excluding ortho intramolecular Hbond substituents is 2. The number of hydrogen-bond donors (Lipinski definition) is 5. The quantitative estimate of drug-likeness (QED) is 0.389. The highest BCUT2D eigenvalue weighted by molar-refractivity contribution is 5.78. The van der Waals surface area contributed by atoms with Gasteiger partial charge in [0.05, 0.1) is 0 Å². The van der Waals surface area contributed by atoms with Gasteiger partial charge in [-0.2, -0.15) is 0 Å². The topological polar surface area (TPSA) is 102 Å². The summed E-state index contributed by atoms with van der Waals surface area (Å²) < 4.78 is 0. The van der Waals surface area contributed by atoms with E-state index in [1.807, 2.05) is 13.8 Å². The Labute approximate surface area is 112 Å². The van der Waals surface area contributed by atoms with Crippen LogP contribution in [0.5, 0.6) is 11.5 Å². The van der Waals surface area contributed by atoms with Crippen molar-refractivity contribution < 1.29 is 20.1 Å². The van der Waals surface area contributed by atoms with E-state index < -0.39 is 11.5 Å². The third-order valence-corrected chi connectivity index (χ3v) is 2.71. The summed E-state index contributed by atoms with van der Waals surface area (Å²) in [5.74, 6) is -1.50. The second kappa shape index (κ2) is 5.90. The molecule has 0 saturated carbocycles. The summed E-state index contributed by atoms with van der Waals surface area (Å²) in [6.45, 7) is 5.33. The molecule has 0 aliphatic heterocycles. The first-order valence-corrected chi connectivity index (χ1v) is 6.01. The molecule has 0 spiro atoms. The van der Waals surface area contributed by atoms with Gasteiger partial charge in [0.25, 0.3) is 0 Å². The van der Waals surface area contributed by atoms with E-state index in [2.05, 4.69) is 10.9 Å². The predicted molar refractivity (Wildman–Crippen MR) is 70.9 cm³/mol. The van der Waals surface area contributed by atoms with Crippen molar-refractivity contribution in [3.63, 3.8) is 0 Å². The van der Waals surface area contributed by atoms with E-state index in [-0.39, 0.29) is 24.0 Å². The molecule has 0 unspecified atom stereocenters. The van der Waals surface area contributed by atoms with E-state index in [0.29, 0.717) is 5.56 Å². The van der Waals surface area contributed by atoms with E-state index in [1.165, 1.54) is 12.1 Å². The van der Waals surface area contributed by atoms with Crippen LogP contribution in [-0.2, 0) is 11.2 Å². The summed E-state index contributed by atoms with van der Waals surface area (Å²) in [5.41, 5.74) is 5.05. The highest BCUT2D eigenvalue weighted by Crippen LogP contribution is 2.26. The number of carboxylic acid groups (broad SMARTS) is 1. The number of aliphatic carboxylic acids is 1. The molecule has 0 aliphatic carbocycles. The van der Waals surface area contributed by atoms with Gasteiger partial charge in [-0.05, 0) is 38.5 Å². The number of nitrogens with one attached hydrogen (secondary N) is 2. The molecule has 19 heavy (non-hydrogen) atoms. The Morgan fingerprint density at radius 1 is 1.32 bits per heavy atom. The van der Waals surface area contributed by atoms with Gasteiger partial charge in [0.1, 0.15) is 5.54 Å². The SMILES string of the molecule is CC(C)NN[C@@](C)(Cc1ccc(O)c(O)c1)C(=O)O.